The van der Waals surface area contributed by atoms with Gasteiger partial charge in [0.15, 0.2) is 9.84 Å². The molecule has 0 bridgehead atoms. The van der Waals surface area contributed by atoms with Crippen molar-refractivity contribution < 1.29 is 13.2 Å². The Morgan fingerprint density at radius 1 is 1.64 bits per heavy atom. The van der Waals surface area contributed by atoms with E-state index in [4.69, 9.17) is 28.6 Å². The van der Waals surface area contributed by atoms with Crippen molar-refractivity contribution in [2.45, 2.75) is 18.3 Å². The van der Waals surface area contributed by atoms with Gasteiger partial charge in [0.1, 0.15) is 0 Å². The molecule has 82 valence electrons. The molecule has 1 rings (SSSR count). The van der Waals surface area contributed by atoms with E-state index in [1.807, 2.05) is 0 Å². The van der Waals surface area contributed by atoms with Crippen LogP contribution < -0.4 is 5.32 Å². The predicted molar refractivity (Wildman–Crippen MR) is 59.4 cm³/mol. The fourth-order valence-electron chi connectivity index (χ4n) is 1.26. The minimum absolute atomic E-state index is 0.000953. The molecule has 0 aromatic carbocycles. The zero-order chi connectivity index (χ0) is 10.8. The molecule has 14 heavy (non-hydrogen) atoms. The number of hydrogen-bond donors (Lipinski definition) is 1. The van der Waals surface area contributed by atoms with Crippen LogP contribution in [0.4, 0.5) is 0 Å². The SMILES string of the molecule is CCOC(=S)N[C@@H]1CS(=O)(=O)C[C@H]1Cl. The third-order valence-corrected chi connectivity index (χ3v) is 4.47. The molecular weight excluding hydrogens is 246 g/mol. The van der Waals surface area contributed by atoms with Crippen LogP contribution in [0.2, 0.25) is 0 Å². The summed E-state index contributed by atoms with van der Waals surface area (Å²) in [5.74, 6) is 0.0232. The number of sulfone groups is 1. The van der Waals surface area contributed by atoms with Crippen LogP contribution in [0.5, 0.6) is 0 Å². The Hall–Kier alpha value is -0.0700. The van der Waals surface area contributed by atoms with Gasteiger partial charge in [-0.05, 0) is 19.1 Å². The second-order valence-electron chi connectivity index (χ2n) is 3.06. The normalized spacial score (nSPS) is 29.9. The highest BCUT2D eigenvalue weighted by Crippen LogP contribution is 2.17. The monoisotopic (exact) mass is 257 g/mol. The second kappa shape index (κ2) is 4.63. The number of halogens is 1. The van der Waals surface area contributed by atoms with E-state index in [0.717, 1.165) is 0 Å². The van der Waals surface area contributed by atoms with Gasteiger partial charge in [-0.2, -0.15) is 0 Å². The van der Waals surface area contributed by atoms with Gasteiger partial charge in [-0.15, -0.1) is 11.6 Å². The van der Waals surface area contributed by atoms with Gasteiger partial charge in [0.2, 0.25) is 0 Å². The molecule has 0 aliphatic carbocycles. The lowest BCUT2D eigenvalue weighted by atomic mass is 10.3. The average Bonchev–Trinajstić information content (AvgIpc) is 2.25. The van der Waals surface area contributed by atoms with Crippen molar-refractivity contribution >= 4 is 38.8 Å². The maximum atomic E-state index is 11.2. The number of thiocarbonyl (C=S) groups is 1. The quantitative estimate of drug-likeness (QED) is 0.570. The third kappa shape index (κ3) is 3.25. The van der Waals surface area contributed by atoms with E-state index >= 15 is 0 Å². The van der Waals surface area contributed by atoms with Crippen LogP contribution in [0.15, 0.2) is 0 Å². The smallest absolute Gasteiger partial charge is 0.256 e. The van der Waals surface area contributed by atoms with E-state index in [9.17, 15) is 8.42 Å². The van der Waals surface area contributed by atoms with Crippen LogP contribution in [-0.4, -0.2) is 43.1 Å². The molecule has 0 aromatic rings. The largest absolute Gasteiger partial charge is 0.471 e. The zero-order valence-electron chi connectivity index (χ0n) is 7.70. The fraction of sp³-hybridized carbons (Fsp3) is 0.857. The van der Waals surface area contributed by atoms with Crippen molar-refractivity contribution in [3.05, 3.63) is 0 Å². The van der Waals surface area contributed by atoms with Crippen molar-refractivity contribution in [2.24, 2.45) is 0 Å². The lowest BCUT2D eigenvalue weighted by Crippen LogP contribution is -2.40. The maximum Gasteiger partial charge on any atom is 0.256 e. The van der Waals surface area contributed by atoms with E-state index in [1.165, 1.54) is 0 Å². The van der Waals surface area contributed by atoms with Crippen LogP contribution in [0, 0.1) is 0 Å². The Labute approximate surface area is 93.9 Å². The number of nitrogens with one attached hydrogen (secondary N) is 1. The summed E-state index contributed by atoms with van der Waals surface area (Å²) >= 11 is 10.7. The van der Waals surface area contributed by atoms with E-state index in [2.05, 4.69) is 5.32 Å². The molecule has 1 heterocycles. The second-order valence-corrected chi connectivity index (χ2v) is 6.15. The molecule has 1 aliphatic heterocycles. The van der Waals surface area contributed by atoms with Crippen LogP contribution in [0.1, 0.15) is 6.92 Å². The molecular formula is C7H12ClNO3S2. The first-order chi connectivity index (χ1) is 6.44. The summed E-state index contributed by atoms with van der Waals surface area (Å²) in [5, 5.41) is 2.56. The Morgan fingerprint density at radius 2 is 2.29 bits per heavy atom. The lowest BCUT2D eigenvalue weighted by molar-refractivity contribution is 0.316. The van der Waals surface area contributed by atoms with E-state index in [0.29, 0.717) is 6.61 Å². The Morgan fingerprint density at radius 3 is 2.71 bits per heavy atom. The van der Waals surface area contributed by atoms with Gasteiger partial charge in [-0.3, -0.25) is 0 Å². The van der Waals surface area contributed by atoms with Gasteiger partial charge in [0.25, 0.3) is 5.17 Å². The third-order valence-electron chi connectivity index (χ3n) is 1.86. The first-order valence-electron chi connectivity index (χ1n) is 4.22. The van der Waals surface area contributed by atoms with Crippen LogP contribution in [-0.2, 0) is 14.6 Å². The number of ether oxygens (including phenoxy) is 1. The summed E-state index contributed by atoms with van der Waals surface area (Å²) in [5.41, 5.74) is 0. The highest BCUT2D eigenvalue weighted by Gasteiger charge is 2.36. The van der Waals surface area contributed by atoms with Crippen molar-refractivity contribution in [1.82, 2.24) is 5.32 Å². The molecule has 1 fully saturated rings. The van der Waals surface area contributed by atoms with Gasteiger partial charge < -0.3 is 10.1 Å². The minimum atomic E-state index is -3.01. The van der Waals surface area contributed by atoms with E-state index in [1.54, 1.807) is 6.92 Å². The van der Waals surface area contributed by atoms with Crippen molar-refractivity contribution in [3.8, 4) is 0 Å². The first-order valence-corrected chi connectivity index (χ1v) is 6.89. The number of hydrogen-bond acceptors (Lipinski definition) is 4. The van der Waals surface area contributed by atoms with E-state index < -0.39 is 15.2 Å². The minimum Gasteiger partial charge on any atom is -0.471 e. The number of rotatable bonds is 2. The van der Waals surface area contributed by atoms with Gasteiger partial charge in [-0.25, -0.2) is 8.42 Å². The molecule has 0 aromatic heterocycles. The molecule has 0 radical (unpaired) electrons. The number of alkyl halides is 1. The molecule has 4 nitrogen and oxygen atoms in total. The van der Waals surface area contributed by atoms with Crippen molar-refractivity contribution in [2.75, 3.05) is 18.1 Å². The van der Waals surface area contributed by atoms with Crippen LogP contribution in [0.25, 0.3) is 0 Å². The van der Waals surface area contributed by atoms with Gasteiger partial charge >= 0.3 is 0 Å². The molecule has 2 atom stereocenters. The zero-order valence-corrected chi connectivity index (χ0v) is 10.1. The van der Waals surface area contributed by atoms with E-state index in [-0.39, 0.29) is 22.7 Å². The summed E-state index contributed by atoms with van der Waals surface area (Å²) in [4.78, 5) is 0. The van der Waals surface area contributed by atoms with Crippen molar-refractivity contribution in [3.63, 3.8) is 0 Å². The van der Waals surface area contributed by atoms with Gasteiger partial charge in [0.05, 0.1) is 29.5 Å². The average molecular weight is 258 g/mol. The Balaban J connectivity index is 2.51. The highest BCUT2D eigenvalue weighted by molar-refractivity contribution is 7.91. The van der Waals surface area contributed by atoms with Crippen molar-refractivity contribution in [1.29, 1.82) is 0 Å². The molecule has 7 heteroatoms. The maximum absolute atomic E-state index is 11.2. The fourth-order valence-corrected chi connectivity index (χ4v) is 4.08. The summed E-state index contributed by atoms with van der Waals surface area (Å²) < 4.78 is 27.4. The molecule has 0 amide bonds. The Bertz CT molecular complexity index is 317. The van der Waals surface area contributed by atoms with Crippen LogP contribution >= 0.6 is 23.8 Å². The summed E-state index contributed by atoms with van der Waals surface area (Å²) in [6, 6.07) is -0.333. The molecule has 1 aliphatic rings. The lowest BCUT2D eigenvalue weighted by Gasteiger charge is -2.15. The summed E-state index contributed by atoms with van der Waals surface area (Å²) in [6.45, 7) is 2.26. The van der Waals surface area contributed by atoms with Gasteiger partial charge in [0, 0.05) is 0 Å². The summed E-state index contributed by atoms with van der Waals surface area (Å²) in [7, 11) is -3.01. The molecule has 0 spiro atoms. The van der Waals surface area contributed by atoms with Gasteiger partial charge in [-0.1, -0.05) is 0 Å². The highest BCUT2D eigenvalue weighted by atomic mass is 35.5. The standard InChI is InChI=1S/C7H12ClNO3S2/c1-2-12-7(13)9-6-4-14(10,11)3-5(6)8/h5-6H,2-4H2,1H3,(H,9,13)/t5-,6-/m1/s1. The molecule has 0 saturated carbocycles. The predicted octanol–water partition coefficient (Wildman–Crippen LogP) is 0.302. The topological polar surface area (TPSA) is 55.4 Å². The van der Waals surface area contributed by atoms with Crippen LogP contribution in [0.3, 0.4) is 0 Å². The molecule has 1 saturated heterocycles. The summed E-state index contributed by atoms with van der Waals surface area (Å²) in [6.07, 6.45) is 0. The Kier molecular flexibility index (Phi) is 3.97. The first kappa shape index (κ1) is 12.0. The molecule has 0 unspecified atom stereocenters. The molecule has 1 N–H and O–H groups in total.